The molecule has 84 valence electrons. The predicted octanol–water partition coefficient (Wildman–Crippen LogP) is 1.96. The second-order valence-corrected chi connectivity index (χ2v) is 4.02. The van der Waals surface area contributed by atoms with Crippen LogP contribution in [0.15, 0.2) is 18.2 Å². The Morgan fingerprint density at radius 3 is 2.33 bits per heavy atom. The molecule has 0 aliphatic carbocycles. The molecular formula is C12H19ClN2. The lowest BCUT2D eigenvalue weighted by atomic mass is 9.95. The molecular weight excluding hydrogens is 208 g/mol. The van der Waals surface area contributed by atoms with Crippen molar-refractivity contribution in [1.82, 2.24) is 10.6 Å². The zero-order valence-electron chi connectivity index (χ0n) is 9.34. The highest BCUT2D eigenvalue weighted by atomic mass is 35.5. The molecule has 1 heterocycles. The van der Waals surface area contributed by atoms with Crippen LogP contribution in [0.25, 0.3) is 0 Å². The fourth-order valence-corrected chi connectivity index (χ4v) is 2.23. The largest absolute Gasteiger partial charge is 0.314 e. The fourth-order valence-electron chi connectivity index (χ4n) is 2.23. The molecule has 0 spiro atoms. The highest BCUT2D eigenvalue weighted by Crippen LogP contribution is 2.21. The van der Waals surface area contributed by atoms with Crippen LogP contribution in [-0.4, -0.2) is 19.6 Å². The first-order valence-electron chi connectivity index (χ1n) is 5.29. The number of hydrogen-bond acceptors (Lipinski definition) is 2. The third-order valence-electron chi connectivity index (χ3n) is 2.93. The molecule has 1 fully saturated rings. The summed E-state index contributed by atoms with van der Waals surface area (Å²) in [5.74, 6) is 0. The average molecular weight is 227 g/mol. The molecule has 2 N–H and O–H groups in total. The zero-order chi connectivity index (χ0) is 9.97. The summed E-state index contributed by atoms with van der Waals surface area (Å²) in [5.41, 5.74) is 4.26. The summed E-state index contributed by atoms with van der Waals surface area (Å²) in [5, 5.41) is 6.98. The van der Waals surface area contributed by atoms with E-state index >= 15 is 0 Å². The number of benzene rings is 1. The van der Waals surface area contributed by atoms with E-state index in [-0.39, 0.29) is 12.4 Å². The maximum Gasteiger partial charge on any atom is 0.0452 e. The van der Waals surface area contributed by atoms with Crippen LogP contribution >= 0.6 is 12.4 Å². The number of nitrogens with one attached hydrogen (secondary N) is 2. The van der Waals surface area contributed by atoms with E-state index in [1.807, 2.05) is 0 Å². The van der Waals surface area contributed by atoms with Crippen molar-refractivity contribution < 1.29 is 0 Å². The molecule has 0 amide bonds. The minimum absolute atomic E-state index is 0. The standard InChI is InChI=1S/C12H18N2.ClH/c1-9-4-3-5-10(2)12(9)11-8-13-6-7-14-11;/h3-5,11,13-14H,6-8H2,1-2H3;1H/t11-;/m1./s1. The van der Waals surface area contributed by atoms with Gasteiger partial charge in [0.1, 0.15) is 0 Å². The summed E-state index contributed by atoms with van der Waals surface area (Å²) < 4.78 is 0. The van der Waals surface area contributed by atoms with Gasteiger partial charge in [-0.2, -0.15) is 0 Å². The van der Waals surface area contributed by atoms with Crippen molar-refractivity contribution >= 4 is 12.4 Å². The molecule has 1 aromatic rings. The molecule has 1 aliphatic rings. The Morgan fingerprint density at radius 1 is 1.13 bits per heavy atom. The summed E-state index contributed by atoms with van der Waals surface area (Å²) in [4.78, 5) is 0. The molecule has 3 heteroatoms. The van der Waals surface area contributed by atoms with E-state index in [1.165, 1.54) is 16.7 Å². The summed E-state index contributed by atoms with van der Waals surface area (Å²) in [6.45, 7) is 7.59. The van der Waals surface area contributed by atoms with Crippen LogP contribution in [0.5, 0.6) is 0 Å². The number of rotatable bonds is 1. The molecule has 0 aromatic heterocycles. The number of aryl methyl sites for hydroxylation is 2. The second kappa shape index (κ2) is 5.50. The Balaban J connectivity index is 0.00000112. The zero-order valence-corrected chi connectivity index (χ0v) is 10.2. The van der Waals surface area contributed by atoms with Gasteiger partial charge in [-0.1, -0.05) is 18.2 Å². The first-order chi connectivity index (χ1) is 6.79. The lowest BCUT2D eigenvalue weighted by Gasteiger charge is -2.27. The normalized spacial score (nSPS) is 20.8. The number of hydrogen-bond donors (Lipinski definition) is 2. The van der Waals surface area contributed by atoms with E-state index in [0.717, 1.165) is 19.6 Å². The second-order valence-electron chi connectivity index (χ2n) is 4.02. The Labute approximate surface area is 97.9 Å². The molecule has 0 unspecified atom stereocenters. The maximum absolute atomic E-state index is 3.55. The summed E-state index contributed by atoms with van der Waals surface area (Å²) in [7, 11) is 0. The van der Waals surface area contributed by atoms with Gasteiger partial charge in [-0.3, -0.25) is 0 Å². The molecule has 1 aliphatic heterocycles. The highest BCUT2D eigenvalue weighted by molar-refractivity contribution is 5.85. The maximum atomic E-state index is 3.55. The SMILES string of the molecule is Cc1cccc(C)c1[C@H]1CNCCN1.Cl. The van der Waals surface area contributed by atoms with Gasteiger partial charge in [0.25, 0.3) is 0 Å². The minimum atomic E-state index is 0. The summed E-state index contributed by atoms with van der Waals surface area (Å²) in [6.07, 6.45) is 0. The van der Waals surface area contributed by atoms with E-state index in [9.17, 15) is 0 Å². The summed E-state index contributed by atoms with van der Waals surface area (Å²) >= 11 is 0. The van der Waals surface area contributed by atoms with Crippen molar-refractivity contribution in [2.45, 2.75) is 19.9 Å². The van der Waals surface area contributed by atoms with Crippen molar-refractivity contribution in [2.75, 3.05) is 19.6 Å². The van der Waals surface area contributed by atoms with Gasteiger partial charge in [-0.15, -0.1) is 12.4 Å². The van der Waals surface area contributed by atoms with E-state index in [2.05, 4.69) is 42.7 Å². The Bertz CT molecular complexity index is 299. The van der Waals surface area contributed by atoms with Crippen LogP contribution in [0.3, 0.4) is 0 Å². The van der Waals surface area contributed by atoms with Crippen molar-refractivity contribution in [1.29, 1.82) is 0 Å². The number of piperazine rings is 1. The van der Waals surface area contributed by atoms with Gasteiger partial charge in [0, 0.05) is 25.7 Å². The topological polar surface area (TPSA) is 24.1 Å². The Morgan fingerprint density at radius 2 is 1.80 bits per heavy atom. The average Bonchev–Trinajstić information content (AvgIpc) is 2.19. The third kappa shape index (κ3) is 2.71. The molecule has 0 radical (unpaired) electrons. The van der Waals surface area contributed by atoms with Gasteiger partial charge in [-0.25, -0.2) is 0 Å². The first-order valence-corrected chi connectivity index (χ1v) is 5.29. The minimum Gasteiger partial charge on any atom is -0.314 e. The lowest BCUT2D eigenvalue weighted by molar-refractivity contribution is 0.428. The molecule has 1 saturated heterocycles. The van der Waals surface area contributed by atoms with Crippen LogP contribution in [0.4, 0.5) is 0 Å². The molecule has 0 bridgehead atoms. The molecule has 2 rings (SSSR count). The van der Waals surface area contributed by atoms with Crippen LogP contribution in [0.1, 0.15) is 22.7 Å². The van der Waals surface area contributed by atoms with Crippen LogP contribution in [0.2, 0.25) is 0 Å². The lowest BCUT2D eigenvalue weighted by Crippen LogP contribution is -2.43. The quantitative estimate of drug-likeness (QED) is 0.765. The van der Waals surface area contributed by atoms with Gasteiger partial charge in [0.15, 0.2) is 0 Å². The van der Waals surface area contributed by atoms with Crippen molar-refractivity contribution in [2.24, 2.45) is 0 Å². The van der Waals surface area contributed by atoms with E-state index in [4.69, 9.17) is 0 Å². The van der Waals surface area contributed by atoms with E-state index in [0.29, 0.717) is 6.04 Å². The fraction of sp³-hybridized carbons (Fsp3) is 0.500. The van der Waals surface area contributed by atoms with Gasteiger partial charge in [0.2, 0.25) is 0 Å². The van der Waals surface area contributed by atoms with Crippen LogP contribution < -0.4 is 10.6 Å². The third-order valence-corrected chi connectivity index (χ3v) is 2.93. The Kier molecular flexibility index (Phi) is 4.58. The van der Waals surface area contributed by atoms with Gasteiger partial charge in [-0.05, 0) is 30.5 Å². The van der Waals surface area contributed by atoms with E-state index < -0.39 is 0 Å². The van der Waals surface area contributed by atoms with Crippen LogP contribution in [0, 0.1) is 13.8 Å². The van der Waals surface area contributed by atoms with Crippen LogP contribution in [-0.2, 0) is 0 Å². The molecule has 0 saturated carbocycles. The predicted molar refractivity (Wildman–Crippen MR) is 66.8 cm³/mol. The number of halogens is 1. The monoisotopic (exact) mass is 226 g/mol. The van der Waals surface area contributed by atoms with Gasteiger partial charge in [0.05, 0.1) is 0 Å². The molecule has 2 nitrogen and oxygen atoms in total. The first kappa shape index (κ1) is 12.5. The van der Waals surface area contributed by atoms with Crippen molar-refractivity contribution in [3.05, 3.63) is 34.9 Å². The molecule has 1 aromatic carbocycles. The van der Waals surface area contributed by atoms with Crippen molar-refractivity contribution in [3.8, 4) is 0 Å². The smallest absolute Gasteiger partial charge is 0.0452 e. The Hall–Kier alpha value is -0.570. The molecule has 15 heavy (non-hydrogen) atoms. The highest BCUT2D eigenvalue weighted by Gasteiger charge is 2.17. The van der Waals surface area contributed by atoms with Crippen molar-refractivity contribution in [3.63, 3.8) is 0 Å². The summed E-state index contributed by atoms with van der Waals surface area (Å²) in [6, 6.07) is 7.01. The van der Waals surface area contributed by atoms with Gasteiger partial charge < -0.3 is 10.6 Å². The molecule has 1 atom stereocenters. The van der Waals surface area contributed by atoms with Gasteiger partial charge >= 0.3 is 0 Å². The van der Waals surface area contributed by atoms with E-state index in [1.54, 1.807) is 0 Å².